The summed E-state index contributed by atoms with van der Waals surface area (Å²) >= 11 is 0. The predicted octanol–water partition coefficient (Wildman–Crippen LogP) is 4.96. The van der Waals surface area contributed by atoms with Gasteiger partial charge in [-0.3, -0.25) is 0 Å². The molecule has 2 amide bonds. The number of benzene rings is 3. The van der Waals surface area contributed by atoms with Gasteiger partial charge in [0.1, 0.15) is 5.75 Å². The molecule has 1 heterocycles. The Morgan fingerprint density at radius 1 is 0.912 bits per heavy atom. The number of methoxy groups -OCH3 is 1. The molecule has 0 aliphatic rings. The van der Waals surface area contributed by atoms with Gasteiger partial charge in [0.05, 0.1) is 31.7 Å². The molecule has 0 aliphatic carbocycles. The molecular weight excluding hydrogens is 428 g/mol. The van der Waals surface area contributed by atoms with E-state index in [1.165, 1.54) is 0 Å². The van der Waals surface area contributed by atoms with Crippen molar-refractivity contribution < 1.29 is 14.3 Å². The predicted molar refractivity (Wildman–Crippen MR) is 132 cm³/mol. The van der Waals surface area contributed by atoms with Gasteiger partial charge < -0.3 is 20.1 Å². The number of para-hydroxylation sites is 1. The summed E-state index contributed by atoms with van der Waals surface area (Å²) in [5.41, 5.74) is 4.70. The van der Waals surface area contributed by atoms with E-state index in [4.69, 9.17) is 9.47 Å². The van der Waals surface area contributed by atoms with Crippen LogP contribution in [0, 0.1) is 0 Å². The topological polar surface area (TPSA) is 77.4 Å². The molecule has 3 aromatic carbocycles. The lowest BCUT2D eigenvalue weighted by Crippen LogP contribution is -2.30. The lowest BCUT2D eigenvalue weighted by molar-refractivity contribution is 0.107. The molecule has 0 atom stereocenters. The van der Waals surface area contributed by atoms with E-state index < -0.39 is 0 Å². The van der Waals surface area contributed by atoms with Gasteiger partial charge in [-0.15, -0.1) is 0 Å². The van der Waals surface area contributed by atoms with Gasteiger partial charge in [0, 0.05) is 24.8 Å². The van der Waals surface area contributed by atoms with Crippen LogP contribution in [0.5, 0.6) is 5.75 Å². The number of aromatic nitrogens is 2. The zero-order valence-corrected chi connectivity index (χ0v) is 19.1. The fourth-order valence-electron chi connectivity index (χ4n) is 3.45. The molecule has 1 aromatic heterocycles. The number of amides is 2. The fraction of sp³-hybridized carbons (Fsp3) is 0.185. The molecule has 0 saturated heterocycles. The van der Waals surface area contributed by atoms with Crippen molar-refractivity contribution >= 4 is 11.7 Å². The summed E-state index contributed by atoms with van der Waals surface area (Å²) in [5, 5.41) is 10.3. The van der Waals surface area contributed by atoms with Crippen LogP contribution in [0.15, 0.2) is 91.1 Å². The summed E-state index contributed by atoms with van der Waals surface area (Å²) in [4.78, 5) is 12.3. The maximum atomic E-state index is 12.3. The standard InChI is InChI=1S/C27H28N4O3/c1-33-26-12-10-21(11-13-26)19-34-20-22-6-5-7-24(18-22)29-27(32)28-16-14-23-15-17-31(30-23)25-8-3-2-4-9-25/h2-13,15,17-18H,14,16,19-20H2,1H3,(H2,28,29,32). The van der Waals surface area contributed by atoms with Crippen LogP contribution in [-0.2, 0) is 24.4 Å². The molecule has 34 heavy (non-hydrogen) atoms. The summed E-state index contributed by atoms with van der Waals surface area (Å²) in [7, 11) is 1.65. The van der Waals surface area contributed by atoms with Crippen LogP contribution < -0.4 is 15.4 Å². The Bertz CT molecular complexity index is 1190. The molecule has 7 nitrogen and oxygen atoms in total. The summed E-state index contributed by atoms with van der Waals surface area (Å²) in [6, 6.07) is 27.1. The highest BCUT2D eigenvalue weighted by Crippen LogP contribution is 2.15. The summed E-state index contributed by atoms with van der Waals surface area (Å²) in [6.07, 6.45) is 2.57. The van der Waals surface area contributed by atoms with Crippen molar-refractivity contribution in [3.63, 3.8) is 0 Å². The SMILES string of the molecule is COc1ccc(COCc2cccc(NC(=O)NCCc3ccn(-c4ccccc4)n3)c2)cc1. The molecule has 0 saturated carbocycles. The van der Waals surface area contributed by atoms with Gasteiger partial charge in [-0.05, 0) is 53.6 Å². The van der Waals surface area contributed by atoms with Gasteiger partial charge in [-0.1, -0.05) is 42.5 Å². The first-order chi connectivity index (χ1) is 16.7. The zero-order chi connectivity index (χ0) is 23.6. The van der Waals surface area contributed by atoms with E-state index in [2.05, 4.69) is 15.7 Å². The number of rotatable bonds is 10. The quantitative estimate of drug-likeness (QED) is 0.354. The Balaban J connectivity index is 1.19. The smallest absolute Gasteiger partial charge is 0.319 e. The fourth-order valence-corrected chi connectivity index (χ4v) is 3.45. The zero-order valence-electron chi connectivity index (χ0n) is 19.1. The van der Waals surface area contributed by atoms with E-state index in [1.807, 2.05) is 95.8 Å². The van der Waals surface area contributed by atoms with Crippen LogP contribution >= 0.6 is 0 Å². The van der Waals surface area contributed by atoms with Crippen LogP contribution in [0.3, 0.4) is 0 Å². The number of carbonyl (C=O) groups excluding carboxylic acids is 1. The van der Waals surface area contributed by atoms with E-state index in [1.54, 1.807) is 7.11 Å². The van der Waals surface area contributed by atoms with Gasteiger partial charge in [0.25, 0.3) is 0 Å². The highest BCUT2D eigenvalue weighted by Gasteiger charge is 2.05. The second-order valence-electron chi connectivity index (χ2n) is 7.76. The second kappa shape index (κ2) is 11.7. The first-order valence-electron chi connectivity index (χ1n) is 11.1. The molecule has 0 radical (unpaired) electrons. The average molecular weight is 457 g/mol. The molecule has 0 unspecified atom stereocenters. The number of anilines is 1. The summed E-state index contributed by atoms with van der Waals surface area (Å²) in [5.74, 6) is 0.822. The van der Waals surface area contributed by atoms with E-state index in [0.717, 1.165) is 33.9 Å². The molecule has 174 valence electrons. The summed E-state index contributed by atoms with van der Waals surface area (Å²) in [6.45, 7) is 1.44. The average Bonchev–Trinajstić information content (AvgIpc) is 3.34. The number of carbonyl (C=O) groups is 1. The Hall–Kier alpha value is -4.10. The van der Waals surface area contributed by atoms with Crippen molar-refractivity contribution in [1.82, 2.24) is 15.1 Å². The van der Waals surface area contributed by atoms with Crippen LogP contribution in [0.2, 0.25) is 0 Å². The van der Waals surface area contributed by atoms with Crippen molar-refractivity contribution in [2.24, 2.45) is 0 Å². The molecule has 0 spiro atoms. The lowest BCUT2D eigenvalue weighted by Gasteiger charge is -2.10. The second-order valence-corrected chi connectivity index (χ2v) is 7.76. The Kier molecular flexibility index (Phi) is 7.92. The third kappa shape index (κ3) is 6.70. The highest BCUT2D eigenvalue weighted by atomic mass is 16.5. The Morgan fingerprint density at radius 3 is 2.50 bits per heavy atom. The number of urea groups is 1. The van der Waals surface area contributed by atoms with Crippen molar-refractivity contribution in [3.05, 3.63) is 108 Å². The monoisotopic (exact) mass is 456 g/mol. The first-order valence-corrected chi connectivity index (χ1v) is 11.1. The molecule has 4 aromatic rings. The normalized spacial score (nSPS) is 10.6. The van der Waals surface area contributed by atoms with Gasteiger partial charge in [-0.2, -0.15) is 5.10 Å². The van der Waals surface area contributed by atoms with Crippen molar-refractivity contribution in [1.29, 1.82) is 0 Å². The van der Waals surface area contributed by atoms with Crippen molar-refractivity contribution in [2.45, 2.75) is 19.6 Å². The van der Waals surface area contributed by atoms with Crippen molar-refractivity contribution in [2.75, 3.05) is 19.0 Å². The van der Waals surface area contributed by atoms with Crippen LogP contribution in [0.4, 0.5) is 10.5 Å². The molecule has 0 fully saturated rings. The molecule has 0 bridgehead atoms. The largest absolute Gasteiger partial charge is 0.497 e. The minimum atomic E-state index is -0.251. The Labute approximate surface area is 199 Å². The van der Waals surface area contributed by atoms with Crippen LogP contribution in [0.1, 0.15) is 16.8 Å². The maximum absolute atomic E-state index is 12.3. The number of nitrogens with zero attached hydrogens (tertiary/aromatic N) is 2. The van der Waals surface area contributed by atoms with Gasteiger partial charge in [0.15, 0.2) is 0 Å². The minimum absolute atomic E-state index is 0.251. The third-order valence-electron chi connectivity index (χ3n) is 5.21. The number of hydrogen-bond donors (Lipinski definition) is 2. The van der Waals surface area contributed by atoms with E-state index in [-0.39, 0.29) is 6.03 Å². The van der Waals surface area contributed by atoms with E-state index in [9.17, 15) is 4.79 Å². The van der Waals surface area contributed by atoms with Crippen LogP contribution in [-0.4, -0.2) is 29.5 Å². The third-order valence-corrected chi connectivity index (χ3v) is 5.21. The summed E-state index contributed by atoms with van der Waals surface area (Å²) < 4.78 is 12.8. The Morgan fingerprint density at radius 2 is 1.71 bits per heavy atom. The molecule has 7 heteroatoms. The molecule has 4 rings (SSSR count). The highest BCUT2D eigenvalue weighted by molar-refractivity contribution is 5.89. The molecule has 0 aliphatic heterocycles. The maximum Gasteiger partial charge on any atom is 0.319 e. The van der Waals surface area contributed by atoms with E-state index >= 15 is 0 Å². The molecule has 2 N–H and O–H groups in total. The first kappa shape index (κ1) is 23.1. The van der Waals surface area contributed by atoms with Gasteiger partial charge in [-0.25, -0.2) is 9.48 Å². The number of hydrogen-bond acceptors (Lipinski definition) is 4. The van der Waals surface area contributed by atoms with Gasteiger partial charge >= 0.3 is 6.03 Å². The van der Waals surface area contributed by atoms with E-state index in [0.29, 0.717) is 26.2 Å². The number of nitrogens with one attached hydrogen (secondary N) is 2. The minimum Gasteiger partial charge on any atom is -0.497 e. The van der Waals surface area contributed by atoms with Gasteiger partial charge in [0.2, 0.25) is 0 Å². The lowest BCUT2D eigenvalue weighted by atomic mass is 10.2. The number of ether oxygens (including phenoxy) is 2. The molecular formula is C27H28N4O3. The van der Waals surface area contributed by atoms with Crippen LogP contribution in [0.25, 0.3) is 5.69 Å². The van der Waals surface area contributed by atoms with Crippen molar-refractivity contribution in [3.8, 4) is 11.4 Å².